The van der Waals surface area contributed by atoms with Crippen LogP contribution in [0.25, 0.3) is 0 Å². The SMILES string of the molecule is Cc1ncc(COP(NC(C)C(=O)OC(C)C)Oc2ccccc2)c(CO)c1O. The van der Waals surface area contributed by atoms with Crippen LogP contribution in [0, 0.1) is 6.92 Å². The molecule has 0 aliphatic heterocycles. The molecule has 0 radical (unpaired) electrons. The Labute approximate surface area is 171 Å². The zero-order valence-electron chi connectivity index (χ0n) is 17.0. The number of carbonyl (C=O) groups excluding carboxylic acids is 1. The Kier molecular flexibility index (Phi) is 8.79. The van der Waals surface area contributed by atoms with Gasteiger partial charge in [-0.3, -0.25) is 9.78 Å². The number of hydrogen-bond acceptors (Lipinski definition) is 8. The van der Waals surface area contributed by atoms with Gasteiger partial charge in [-0.05, 0) is 39.8 Å². The fourth-order valence-corrected chi connectivity index (χ4v) is 3.50. The number of aromatic nitrogens is 1. The number of aromatic hydroxyl groups is 1. The van der Waals surface area contributed by atoms with Crippen molar-refractivity contribution in [3.63, 3.8) is 0 Å². The molecule has 1 heterocycles. The molecule has 3 N–H and O–H groups in total. The van der Waals surface area contributed by atoms with Crippen molar-refractivity contribution >= 4 is 14.5 Å². The fraction of sp³-hybridized carbons (Fsp3) is 0.400. The van der Waals surface area contributed by atoms with E-state index in [1.807, 2.05) is 18.2 Å². The van der Waals surface area contributed by atoms with Crippen LogP contribution in [-0.2, 0) is 27.3 Å². The molecular formula is C20H27N2O6P. The molecule has 1 aromatic carbocycles. The third-order valence-electron chi connectivity index (χ3n) is 3.86. The van der Waals surface area contributed by atoms with Crippen molar-refractivity contribution in [2.24, 2.45) is 0 Å². The van der Waals surface area contributed by atoms with Gasteiger partial charge in [0.2, 0.25) is 0 Å². The van der Waals surface area contributed by atoms with E-state index in [1.165, 1.54) is 6.20 Å². The number of rotatable bonds is 10. The first kappa shape index (κ1) is 23.0. The first-order valence-electron chi connectivity index (χ1n) is 9.21. The van der Waals surface area contributed by atoms with Gasteiger partial charge in [-0.25, -0.2) is 5.09 Å². The summed E-state index contributed by atoms with van der Waals surface area (Å²) in [6.45, 7) is 6.53. The number of nitrogens with zero attached hydrogens (tertiary/aromatic N) is 1. The first-order chi connectivity index (χ1) is 13.8. The van der Waals surface area contributed by atoms with Crippen molar-refractivity contribution in [2.75, 3.05) is 0 Å². The molecule has 9 heteroatoms. The van der Waals surface area contributed by atoms with Crippen LogP contribution in [0.2, 0.25) is 0 Å². The molecule has 29 heavy (non-hydrogen) atoms. The van der Waals surface area contributed by atoms with Gasteiger partial charge in [0.25, 0.3) is 0 Å². The Morgan fingerprint density at radius 3 is 2.55 bits per heavy atom. The molecule has 0 aliphatic rings. The number of aryl methyl sites for hydroxylation is 1. The topological polar surface area (TPSA) is 110 Å². The lowest BCUT2D eigenvalue weighted by atomic mass is 10.1. The summed E-state index contributed by atoms with van der Waals surface area (Å²) in [6, 6.07) is 8.40. The van der Waals surface area contributed by atoms with Crippen LogP contribution in [0.5, 0.6) is 11.5 Å². The minimum Gasteiger partial charge on any atom is -0.506 e. The number of hydrogen-bond donors (Lipinski definition) is 3. The maximum Gasteiger partial charge on any atom is 0.323 e. The maximum absolute atomic E-state index is 12.1. The number of para-hydroxylation sites is 1. The summed E-state index contributed by atoms with van der Waals surface area (Å²) >= 11 is 0. The summed E-state index contributed by atoms with van der Waals surface area (Å²) in [7, 11) is -1.73. The summed E-state index contributed by atoms with van der Waals surface area (Å²) in [4.78, 5) is 16.2. The van der Waals surface area contributed by atoms with Crippen LogP contribution < -0.4 is 9.61 Å². The number of benzene rings is 1. The molecule has 0 saturated carbocycles. The van der Waals surface area contributed by atoms with Crippen molar-refractivity contribution < 1.29 is 28.8 Å². The van der Waals surface area contributed by atoms with E-state index in [0.717, 1.165) is 0 Å². The molecular weight excluding hydrogens is 395 g/mol. The average molecular weight is 422 g/mol. The first-order valence-corrected chi connectivity index (χ1v) is 10.4. The van der Waals surface area contributed by atoms with Gasteiger partial charge < -0.3 is 24.0 Å². The summed E-state index contributed by atoms with van der Waals surface area (Å²) in [5.74, 6) is 0.0880. The molecule has 0 bridgehead atoms. The molecule has 1 aromatic heterocycles. The molecule has 2 atom stereocenters. The lowest BCUT2D eigenvalue weighted by Crippen LogP contribution is -2.34. The number of esters is 1. The molecule has 8 nitrogen and oxygen atoms in total. The van der Waals surface area contributed by atoms with Crippen molar-refractivity contribution in [3.05, 3.63) is 53.3 Å². The Morgan fingerprint density at radius 2 is 1.93 bits per heavy atom. The summed E-state index contributed by atoms with van der Waals surface area (Å²) in [6.07, 6.45) is 1.30. The Morgan fingerprint density at radius 1 is 1.24 bits per heavy atom. The van der Waals surface area contributed by atoms with Gasteiger partial charge in [-0.15, -0.1) is 0 Å². The van der Waals surface area contributed by atoms with E-state index in [0.29, 0.717) is 22.6 Å². The van der Waals surface area contributed by atoms with Crippen LogP contribution in [0.3, 0.4) is 0 Å². The summed E-state index contributed by atoms with van der Waals surface area (Å²) in [5.41, 5.74) is 1.29. The maximum atomic E-state index is 12.1. The zero-order chi connectivity index (χ0) is 21.4. The molecule has 2 unspecified atom stereocenters. The number of aliphatic hydroxyl groups excluding tert-OH is 1. The van der Waals surface area contributed by atoms with Gasteiger partial charge in [0.15, 0.2) is 0 Å². The highest BCUT2D eigenvalue weighted by Gasteiger charge is 2.24. The predicted octanol–water partition coefficient (Wildman–Crippen LogP) is 3.34. The van der Waals surface area contributed by atoms with Crippen molar-refractivity contribution in [2.45, 2.75) is 53.1 Å². The summed E-state index contributed by atoms with van der Waals surface area (Å²) < 4.78 is 16.9. The van der Waals surface area contributed by atoms with Gasteiger partial charge >= 0.3 is 14.5 Å². The number of carbonyl (C=O) groups is 1. The van der Waals surface area contributed by atoms with E-state index < -0.39 is 20.5 Å². The lowest BCUT2D eigenvalue weighted by molar-refractivity contribution is -0.149. The van der Waals surface area contributed by atoms with Crippen molar-refractivity contribution in [1.29, 1.82) is 0 Å². The minimum atomic E-state index is -1.73. The van der Waals surface area contributed by atoms with E-state index in [1.54, 1.807) is 39.8 Å². The second kappa shape index (κ2) is 11.1. The highest BCUT2D eigenvalue weighted by Crippen LogP contribution is 2.38. The third-order valence-corrected chi connectivity index (χ3v) is 5.20. The standard InChI is InChI=1S/C20H27N2O6P/c1-13(2)27-20(25)15(4)22-29(28-17-8-6-5-7-9-17)26-12-16-10-21-14(3)19(24)18(16)11-23/h5-10,13,15,22-24H,11-12H2,1-4H3. The van der Waals surface area contributed by atoms with Crippen LogP contribution in [0.15, 0.2) is 36.5 Å². The van der Waals surface area contributed by atoms with Gasteiger partial charge in [-0.2, -0.15) is 0 Å². The largest absolute Gasteiger partial charge is 0.506 e. The number of nitrogens with one attached hydrogen (secondary N) is 1. The van der Waals surface area contributed by atoms with Gasteiger partial charge in [0, 0.05) is 17.3 Å². The van der Waals surface area contributed by atoms with E-state index in [-0.39, 0.29) is 25.1 Å². The lowest BCUT2D eigenvalue weighted by Gasteiger charge is -2.23. The Balaban J connectivity index is 2.13. The van der Waals surface area contributed by atoms with E-state index in [2.05, 4.69) is 10.1 Å². The van der Waals surface area contributed by atoms with E-state index in [4.69, 9.17) is 13.8 Å². The molecule has 158 valence electrons. The fourth-order valence-electron chi connectivity index (χ4n) is 2.33. The minimum absolute atomic E-state index is 0.0220. The molecule has 2 aromatic rings. The van der Waals surface area contributed by atoms with Crippen molar-refractivity contribution in [1.82, 2.24) is 10.1 Å². The third kappa shape index (κ3) is 6.94. The normalized spacial score (nSPS) is 13.2. The highest BCUT2D eigenvalue weighted by atomic mass is 31.2. The quantitative estimate of drug-likeness (QED) is 0.395. The second-order valence-electron chi connectivity index (χ2n) is 6.63. The van der Waals surface area contributed by atoms with E-state index >= 15 is 0 Å². The van der Waals surface area contributed by atoms with Crippen LogP contribution >= 0.6 is 8.53 Å². The van der Waals surface area contributed by atoms with E-state index in [9.17, 15) is 15.0 Å². The zero-order valence-corrected chi connectivity index (χ0v) is 17.8. The Hall–Kier alpha value is -2.25. The molecule has 0 fully saturated rings. The highest BCUT2D eigenvalue weighted by molar-refractivity contribution is 7.45. The molecule has 2 rings (SSSR count). The van der Waals surface area contributed by atoms with Gasteiger partial charge in [0.05, 0.1) is 25.0 Å². The molecule has 0 amide bonds. The average Bonchev–Trinajstić information content (AvgIpc) is 2.68. The van der Waals surface area contributed by atoms with Gasteiger partial charge in [0.1, 0.15) is 17.5 Å². The summed E-state index contributed by atoms with van der Waals surface area (Å²) in [5, 5.41) is 22.7. The molecule has 0 saturated heterocycles. The van der Waals surface area contributed by atoms with Crippen LogP contribution in [-0.4, -0.2) is 33.3 Å². The number of ether oxygens (including phenoxy) is 1. The number of aliphatic hydroxyl groups is 1. The smallest absolute Gasteiger partial charge is 0.323 e. The van der Waals surface area contributed by atoms with Crippen LogP contribution in [0.1, 0.15) is 37.6 Å². The van der Waals surface area contributed by atoms with Crippen molar-refractivity contribution in [3.8, 4) is 11.5 Å². The Bertz CT molecular complexity index is 803. The monoisotopic (exact) mass is 422 g/mol. The van der Waals surface area contributed by atoms with Crippen LogP contribution in [0.4, 0.5) is 0 Å². The molecule has 0 aliphatic carbocycles. The second-order valence-corrected chi connectivity index (χ2v) is 7.84. The predicted molar refractivity (Wildman–Crippen MR) is 109 cm³/mol. The van der Waals surface area contributed by atoms with Gasteiger partial charge in [-0.1, -0.05) is 18.2 Å². The molecule has 0 spiro atoms. The number of pyridine rings is 1.